The van der Waals surface area contributed by atoms with Crippen molar-refractivity contribution in [2.24, 2.45) is 7.05 Å². The first kappa shape index (κ1) is 9.65. The third kappa shape index (κ3) is 1.81. The molecule has 0 aromatic carbocycles. The zero-order valence-electron chi connectivity index (χ0n) is 7.75. The number of aromatic nitrogens is 5. The van der Waals surface area contributed by atoms with Gasteiger partial charge in [0, 0.05) is 7.05 Å². The van der Waals surface area contributed by atoms with E-state index in [0.29, 0.717) is 0 Å². The molecular formula is C6H8N6O2S. The number of hydrogen-bond acceptors (Lipinski definition) is 5. The summed E-state index contributed by atoms with van der Waals surface area (Å²) < 4.78 is 26.9. The second kappa shape index (κ2) is 3.35. The Hall–Kier alpha value is -1.90. The maximum absolute atomic E-state index is 11.6. The molecule has 0 bridgehead atoms. The molecule has 0 spiro atoms. The summed E-state index contributed by atoms with van der Waals surface area (Å²) in [5.74, 6) is 0.143. The molecule has 80 valence electrons. The van der Waals surface area contributed by atoms with E-state index >= 15 is 0 Å². The van der Waals surface area contributed by atoms with Gasteiger partial charge in [-0.05, 0) is 0 Å². The Morgan fingerprint density at radius 3 is 2.87 bits per heavy atom. The molecule has 0 aliphatic rings. The van der Waals surface area contributed by atoms with Crippen LogP contribution in [0.5, 0.6) is 0 Å². The van der Waals surface area contributed by atoms with E-state index in [1.165, 1.54) is 23.5 Å². The molecule has 0 atom stereocenters. The van der Waals surface area contributed by atoms with Gasteiger partial charge in [-0.25, -0.2) is 14.4 Å². The van der Waals surface area contributed by atoms with Crippen LogP contribution in [0.1, 0.15) is 0 Å². The number of hydrogen-bond donors (Lipinski definition) is 2. The summed E-state index contributed by atoms with van der Waals surface area (Å²) in [6, 6.07) is 0. The summed E-state index contributed by atoms with van der Waals surface area (Å²) in [6.07, 6.45) is 3.74. The third-order valence-electron chi connectivity index (χ3n) is 1.70. The van der Waals surface area contributed by atoms with Crippen molar-refractivity contribution in [2.45, 2.75) is 5.03 Å². The Labute approximate surface area is 85.4 Å². The third-order valence-corrected chi connectivity index (χ3v) is 2.95. The van der Waals surface area contributed by atoms with Crippen LogP contribution < -0.4 is 4.72 Å². The van der Waals surface area contributed by atoms with Gasteiger partial charge in [-0.3, -0.25) is 0 Å². The van der Waals surface area contributed by atoms with Gasteiger partial charge in [0.15, 0.2) is 5.03 Å². The highest BCUT2D eigenvalue weighted by atomic mass is 32.2. The van der Waals surface area contributed by atoms with Gasteiger partial charge in [0.05, 0.1) is 12.5 Å². The first-order valence-electron chi connectivity index (χ1n) is 3.95. The van der Waals surface area contributed by atoms with Crippen LogP contribution in [0, 0.1) is 0 Å². The van der Waals surface area contributed by atoms with Crippen molar-refractivity contribution in [2.75, 3.05) is 4.72 Å². The summed E-state index contributed by atoms with van der Waals surface area (Å²) in [5, 5.41) is 3.71. The molecule has 2 aromatic rings. The fraction of sp³-hybridized carbons (Fsp3) is 0.167. The molecule has 2 rings (SSSR count). The zero-order valence-corrected chi connectivity index (χ0v) is 8.56. The number of aryl methyl sites for hydroxylation is 1. The Bertz CT molecular complexity index is 542. The monoisotopic (exact) mass is 228 g/mol. The summed E-state index contributed by atoms with van der Waals surface area (Å²) >= 11 is 0. The first-order valence-corrected chi connectivity index (χ1v) is 5.43. The minimum atomic E-state index is -3.65. The van der Waals surface area contributed by atoms with Crippen LogP contribution in [-0.4, -0.2) is 33.2 Å². The minimum absolute atomic E-state index is 0.0227. The number of anilines is 1. The average molecular weight is 228 g/mol. The van der Waals surface area contributed by atoms with Crippen LogP contribution in [0.25, 0.3) is 0 Å². The lowest BCUT2D eigenvalue weighted by Crippen LogP contribution is -2.16. The average Bonchev–Trinajstić information content (AvgIpc) is 2.77. The van der Waals surface area contributed by atoms with E-state index in [1.54, 1.807) is 7.05 Å². The minimum Gasteiger partial charge on any atom is -0.334 e. The Morgan fingerprint density at radius 2 is 2.33 bits per heavy atom. The summed E-state index contributed by atoms with van der Waals surface area (Å²) in [4.78, 5) is 9.85. The van der Waals surface area contributed by atoms with Crippen LogP contribution >= 0.6 is 0 Å². The molecule has 9 heteroatoms. The maximum atomic E-state index is 11.6. The lowest BCUT2D eigenvalue weighted by atomic mass is 11.0. The van der Waals surface area contributed by atoms with Crippen LogP contribution in [0.15, 0.2) is 23.9 Å². The van der Waals surface area contributed by atoms with E-state index in [-0.39, 0.29) is 11.0 Å². The molecule has 15 heavy (non-hydrogen) atoms. The molecule has 0 unspecified atom stereocenters. The van der Waals surface area contributed by atoms with Crippen LogP contribution in [0.2, 0.25) is 0 Å². The molecular weight excluding hydrogens is 220 g/mol. The highest BCUT2D eigenvalue weighted by molar-refractivity contribution is 7.92. The lowest BCUT2D eigenvalue weighted by Gasteiger charge is -2.03. The second-order valence-electron chi connectivity index (χ2n) is 2.73. The molecule has 0 fully saturated rings. The maximum Gasteiger partial charge on any atom is 0.281 e. The number of aromatic amines is 1. The number of imidazole rings is 1. The van der Waals surface area contributed by atoms with Crippen molar-refractivity contribution in [3.05, 3.63) is 18.9 Å². The molecule has 0 saturated carbocycles. The topological polar surface area (TPSA) is 106 Å². The van der Waals surface area contributed by atoms with Gasteiger partial charge >= 0.3 is 0 Å². The molecule has 2 aromatic heterocycles. The molecule has 0 amide bonds. The standard InChI is InChI=1S/C6H8N6O2S/c1-12-6(9-4-10-12)11-15(13,14)5-2-7-3-8-5/h2-4H,1H3,(H,7,8)(H,9,10,11). The van der Waals surface area contributed by atoms with Gasteiger partial charge in [0.25, 0.3) is 10.0 Å². The largest absolute Gasteiger partial charge is 0.334 e. The van der Waals surface area contributed by atoms with Crippen molar-refractivity contribution in [3.63, 3.8) is 0 Å². The summed E-state index contributed by atoms with van der Waals surface area (Å²) in [5.41, 5.74) is 0. The summed E-state index contributed by atoms with van der Waals surface area (Å²) in [7, 11) is -2.07. The van der Waals surface area contributed by atoms with Gasteiger partial charge in [0.1, 0.15) is 6.33 Å². The predicted molar refractivity (Wildman–Crippen MR) is 50.4 cm³/mol. The highest BCUT2D eigenvalue weighted by Gasteiger charge is 2.17. The second-order valence-corrected chi connectivity index (χ2v) is 4.38. The van der Waals surface area contributed by atoms with Crippen molar-refractivity contribution >= 4 is 16.0 Å². The van der Waals surface area contributed by atoms with E-state index in [2.05, 4.69) is 24.8 Å². The van der Waals surface area contributed by atoms with Gasteiger partial charge in [-0.2, -0.15) is 18.5 Å². The molecule has 0 saturated heterocycles. The predicted octanol–water partition coefficient (Wildman–Crippen LogP) is -0.661. The number of H-pyrrole nitrogens is 1. The van der Waals surface area contributed by atoms with E-state index in [1.807, 2.05) is 0 Å². The van der Waals surface area contributed by atoms with Crippen molar-refractivity contribution in [3.8, 4) is 0 Å². The number of nitrogens with one attached hydrogen (secondary N) is 2. The van der Waals surface area contributed by atoms with Crippen LogP contribution in [0.3, 0.4) is 0 Å². The highest BCUT2D eigenvalue weighted by Crippen LogP contribution is 2.09. The quantitative estimate of drug-likeness (QED) is 0.725. The van der Waals surface area contributed by atoms with Crippen molar-refractivity contribution in [1.82, 2.24) is 24.7 Å². The van der Waals surface area contributed by atoms with E-state index in [4.69, 9.17) is 0 Å². The first-order chi connectivity index (χ1) is 7.09. The molecule has 2 heterocycles. The molecule has 0 aliphatic heterocycles. The van der Waals surface area contributed by atoms with E-state index < -0.39 is 10.0 Å². The van der Waals surface area contributed by atoms with Crippen molar-refractivity contribution < 1.29 is 8.42 Å². The number of nitrogens with zero attached hydrogens (tertiary/aromatic N) is 4. The van der Waals surface area contributed by atoms with Crippen LogP contribution in [0.4, 0.5) is 5.95 Å². The van der Waals surface area contributed by atoms with E-state index in [0.717, 1.165) is 0 Å². The smallest absolute Gasteiger partial charge is 0.281 e. The fourth-order valence-electron chi connectivity index (χ4n) is 0.954. The molecule has 0 aliphatic carbocycles. The fourth-order valence-corrected chi connectivity index (χ4v) is 1.90. The zero-order chi connectivity index (χ0) is 10.9. The SMILES string of the molecule is Cn1ncnc1NS(=O)(=O)c1cnc[nH]1. The molecule has 2 N–H and O–H groups in total. The van der Waals surface area contributed by atoms with E-state index in [9.17, 15) is 8.42 Å². The summed E-state index contributed by atoms with van der Waals surface area (Å²) in [6.45, 7) is 0. The Morgan fingerprint density at radius 1 is 1.53 bits per heavy atom. The molecule has 0 radical (unpaired) electrons. The number of rotatable bonds is 3. The van der Waals surface area contributed by atoms with Gasteiger partial charge in [-0.15, -0.1) is 0 Å². The van der Waals surface area contributed by atoms with Crippen LogP contribution in [-0.2, 0) is 17.1 Å². The van der Waals surface area contributed by atoms with Crippen molar-refractivity contribution in [1.29, 1.82) is 0 Å². The Kier molecular flexibility index (Phi) is 2.15. The normalized spacial score (nSPS) is 11.5. The van der Waals surface area contributed by atoms with Gasteiger partial charge < -0.3 is 4.98 Å². The van der Waals surface area contributed by atoms with Gasteiger partial charge in [0.2, 0.25) is 5.95 Å². The lowest BCUT2D eigenvalue weighted by molar-refractivity contribution is 0.597. The Balaban J connectivity index is 2.31. The molecule has 8 nitrogen and oxygen atoms in total. The van der Waals surface area contributed by atoms with Gasteiger partial charge in [-0.1, -0.05) is 0 Å². The number of sulfonamides is 1.